The van der Waals surface area contributed by atoms with Crippen molar-refractivity contribution in [2.75, 3.05) is 0 Å². The highest BCUT2D eigenvalue weighted by molar-refractivity contribution is 9.10. The highest BCUT2D eigenvalue weighted by atomic mass is 79.9. The van der Waals surface area contributed by atoms with Crippen LogP contribution in [0.3, 0.4) is 0 Å². The summed E-state index contributed by atoms with van der Waals surface area (Å²) < 4.78 is 25.6. The van der Waals surface area contributed by atoms with Crippen molar-refractivity contribution in [2.24, 2.45) is 0 Å². The highest BCUT2D eigenvalue weighted by Gasteiger charge is 2.15. The first-order valence-electron chi connectivity index (χ1n) is 4.18. The molecule has 0 N–H and O–H groups in total. The zero-order valence-electron chi connectivity index (χ0n) is 7.69. The highest BCUT2D eigenvalue weighted by Crippen LogP contribution is 2.24. The average molecular weight is 273 g/mol. The Morgan fingerprint density at radius 2 is 2.13 bits per heavy atom. The summed E-state index contributed by atoms with van der Waals surface area (Å²) >= 11 is 2.84. The van der Waals surface area contributed by atoms with Crippen molar-refractivity contribution in [3.8, 4) is 12.3 Å². The topological polar surface area (TPSA) is 17.1 Å². The number of benzene rings is 1. The monoisotopic (exact) mass is 272 g/mol. The molecule has 0 radical (unpaired) electrons. The number of terminal acetylenes is 1. The van der Waals surface area contributed by atoms with Gasteiger partial charge in [-0.05, 0) is 28.1 Å². The summed E-state index contributed by atoms with van der Waals surface area (Å²) in [5, 5.41) is 0. The van der Waals surface area contributed by atoms with Crippen LogP contribution in [-0.2, 0) is 0 Å². The van der Waals surface area contributed by atoms with Crippen LogP contribution in [0.4, 0.5) is 8.78 Å². The Hall–Kier alpha value is -1.21. The van der Waals surface area contributed by atoms with Crippen molar-refractivity contribution >= 4 is 21.7 Å². The lowest BCUT2D eigenvalue weighted by Gasteiger charge is -2.03. The van der Waals surface area contributed by atoms with E-state index in [0.29, 0.717) is 0 Å². The maximum atomic E-state index is 13.1. The van der Waals surface area contributed by atoms with Crippen LogP contribution in [0.15, 0.2) is 16.6 Å². The van der Waals surface area contributed by atoms with Crippen molar-refractivity contribution in [1.82, 2.24) is 0 Å². The molecule has 0 aliphatic heterocycles. The van der Waals surface area contributed by atoms with Crippen LogP contribution in [0.25, 0.3) is 0 Å². The molecule has 0 aliphatic carbocycles. The summed E-state index contributed by atoms with van der Waals surface area (Å²) in [6, 6.07) is 2.16. The van der Waals surface area contributed by atoms with Gasteiger partial charge < -0.3 is 0 Å². The van der Waals surface area contributed by atoms with Crippen molar-refractivity contribution in [1.29, 1.82) is 0 Å². The lowest BCUT2D eigenvalue weighted by atomic mass is 10.1. The molecule has 0 aliphatic rings. The van der Waals surface area contributed by atoms with Crippen LogP contribution >= 0.6 is 15.9 Å². The number of carbonyl (C=O) groups is 1. The van der Waals surface area contributed by atoms with Crippen molar-refractivity contribution in [3.63, 3.8) is 0 Å². The second-order valence-corrected chi connectivity index (χ2v) is 3.64. The van der Waals surface area contributed by atoms with Crippen LogP contribution < -0.4 is 0 Å². The maximum Gasteiger partial charge on any atom is 0.173 e. The van der Waals surface area contributed by atoms with Gasteiger partial charge in [-0.1, -0.05) is 0 Å². The molecule has 1 aromatic rings. The van der Waals surface area contributed by atoms with Crippen LogP contribution in [0, 0.1) is 24.0 Å². The molecule has 0 saturated carbocycles. The number of carbonyl (C=O) groups excluding carboxylic acids is 1. The third-order valence-electron chi connectivity index (χ3n) is 1.83. The second-order valence-electron chi connectivity index (χ2n) is 2.85. The van der Waals surface area contributed by atoms with E-state index in [9.17, 15) is 13.6 Å². The minimum atomic E-state index is -1.05. The van der Waals surface area contributed by atoms with Crippen molar-refractivity contribution in [2.45, 2.75) is 12.8 Å². The molecule has 0 fully saturated rings. The third kappa shape index (κ3) is 2.63. The molecule has 1 aromatic carbocycles. The largest absolute Gasteiger partial charge is 0.294 e. The van der Waals surface area contributed by atoms with E-state index in [0.717, 1.165) is 6.07 Å². The smallest absolute Gasteiger partial charge is 0.173 e. The van der Waals surface area contributed by atoms with Gasteiger partial charge in [0.1, 0.15) is 0 Å². The second kappa shape index (κ2) is 5.04. The van der Waals surface area contributed by atoms with E-state index in [-0.39, 0.29) is 28.7 Å². The van der Waals surface area contributed by atoms with Gasteiger partial charge in [-0.25, -0.2) is 8.78 Å². The average Bonchev–Trinajstić information content (AvgIpc) is 2.23. The Kier molecular flexibility index (Phi) is 3.98. The van der Waals surface area contributed by atoms with E-state index >= 15 is 0 Å². The number of hydrogen-bond donors (Lipinski definition) is 0. The number of hydrogen-bond acceptors (Lipinski definition) is 1. The Balaban J connectivity index is 3.01. The van der Waals surface area contributed by atoms with E-state index in [2.05, 4.69) is 21.9 Å². The van der Waals surface area contributed by atoms with Gasteiger partial charge in [-0.2, -0.15) is 0 Å². The zero-order valence-corrected chi connectivity index (χ0v) is 9.27. The molecule has 0 amide bonds. The van der Waals surface area contributed by atoms with Crippen LogP contribution in [-0.4, -0.2) is 5.78 Å². The Bertz CT molecular complexity index is 435. The summed E-state index contributed by atoms with van der Waals surface area (Å²) in [4.78, 5) is 11.5. The van der Waals surface area contributed by atoms with E-state index in [1.165, 1.54) is 6.07 Å². The standard InChI is InChI=1S/C11H7BrF2O/c1-2-3-4-9(15)7-5-6-8(13)11(14)10(7)12/h1,5-6H,3-4H2. The summed E-state index contributed by atoms with van der Waals surface area (Å²) in [6.07, 6.45) is 5.41. The lowest BCUT2D eigenvalue weighted by molar-refractivity contribution is 0.0983. The van der Waals surface area contributed by atoms with Crippen molar-refractivity contribution < 1.29 is 13.6 Å². The predicted octanol–water partition coefficient (Wildman–Crippen LogP) is 3.32. The minimum Gasteiger partial charge on any atom is -0.294 e. The number of halogens is 3. The predicted molar refractivity (Wildman–Crippen MR) is 56.5 cm³/mol. The van der Waals surface area contributed by atoms with Gasteiger partial charge in [0.05, 0.1) is 4.47 Å². The van der Waals surface area contributed by atoms with E-state index in [1.807, 2.05) is 0 Å². The first kappa shape index (κ1) is 11.9. The SMILES string of the molecule is C#CCCC(=O)c1ccc(F)c(F)c1Br. The molecule has 1 nitrogen and oxygen atoms in total. The molecule has 15 heavy (non-hydrogen) atoms. The summed E-state index contributed by atoms with van der Waals surface area (Å²) in [5.74, 6) is -0.0414. The van der Waals surface area contributed by atoms with E-state index in [1.54, 1.807) is 0 Å². The molecule has 0 spiro atoms. The quantitative estimate of drug-likeness (QED) is 0.469. The summed E-state index contributed by atoms with van der Waals surface area (Å²) in [5.41, 5.74) is 0.115. The first-order valence-corrected chi connectivity index (χ1v) is 4.97. The van der Waals surface area contributed by atoms with Crippen LogP contribution in [0.2, 0.25) is 0 Å². The number of Topliss-reactive ketones (excluding diaryl/α,β-unsaturated/α-hetero) is 1. The maximum absolute atomic E-state index is 13.1. The van der Waals surface area contributed by atoms with Gasteiger partial charge in [0.2, 0.25) is 0 Å². The fourth-order valence-corrected chi connectivity index (χ4v) is 1.60. The summed E-state index contributed by atoms with van der Waals surface area (Å²) in [7, 11) is 0. The Morgan fingerprint density at radius 3 is 2.73 bits per heavy atom. The van der Waals surface area contributed by atoms with Crippen LogP contribution in [0.5, 0.6) is 0 Å². The fraction of sp³-hybridized carbons (Fsp3) is 0.182. The van der Waals surface area contributed by atoms with Crippen molar-refractivity contribution in [3.05, 3.63) is 33.8 Å². The van der Waals surface area contributed by atoms with E-state index < -0.39 is 11.6 Å². The Morgan fingerprint density at radius 1 is 1.47 bits per heavy atom. The molecule has 0 bridgehead atoms. The molecular weight excluding hydrogens is 266 g/mol. The fourth-order valence-electron chi connectivity index (χ4n) is 1.06. The van der Waals surface area contributed by atoms with Crippen LogP contribution in [0.1, 0.15) is 23.2 Å². The molecule has 0 atom stereocenters. The van der Waals surface area contributed by atoms with Gasteiger partial charge in [0.25, 0.3) is 0 Å². The van der Waals surface area contributed by atoms with Gasteiger partial charge in [-0.3, -0.25) is 4.79 Å². The molecule has 78 valence electrons. The first-order chi connectivity index (χ1) is 7.07. The molecular formula is C11H7BrF2O. The minimum absolute atomic E-state index is 0.115. The molecule has 0 heterocycles. The third-order valence-corrected chi connectivity index (χ3v) is 2.61. The number of ketones is 1. The summed E-state index contributed by atoms with van der Waals surface area (Å²) in [6.45, 7) is 0. The molecule has 1 rings (SSSR count). The van der Waals surface area contributed by atoms with E-state index in [4.69, 9.17) is 6.42 Å². The van der Waals surface area contributed by atoms with Gasteiger partial charge >= 0.3 is 0 Å². The zero-order chi connectivity index (χ0) is 11.4. The normalized spacial score (nSPS) is 9.73. The molecule has 4 heteroatoms. The van der Waals surface area contributed by atoms with Gasteiger partial charge in [0.15, 0.2) is 17.4 Å². The number of rotatable bonds is 3. The Labute approximate surface area is 94.6 Å². The molecule has 0 saturated heterocycles. The van der Waals surface area contributed by atoms with Gasteiger partial charge in [0, 0.05) is 18.4 Å². The molecule has 0 unspecified atom stereocenters. The van der Waals surface area contributed by atoms with Gasteiger partial charge in [-0.15, -0.1) is 12.3 Å². The lowest BCUT2D eigenvalue weighted by Crippen LogP contribution is -2.02. The molecule has 0 aromatic heterocycles.